The van der Waals surface area contributed by atoms with Crippen molar-refractivity contribution in [3.63, 3.8) is 0 Å². The van der Waals surface area contributed by atoms with Gasteiger partial charge >= 0.3 is 0 Å². The fraction of sp³-hybridized carbons (Fsp3) is 0.0323. The van der Waals surface area contributed by atoms with Gasteiger partial charge in [0, 0.05) is 26.5 Å². The minimum atomic E-state index is 1.07. The van der Waals surface area contributed by atoms with Gasteiger partial charge in [0.1, 0.15) is 0 Å². The smallest absolute Gasteiger partial charge is 0.0470 e. The molecule has 0 aliphatic carbocycles. The highest BCUT2D eigenvalue weighted by Crippen LogP contribution is 2.36. The third kappa shape index (κ3) is 4.26. The van der Waals surface area contributed by atoms with E-state index in [1.54, 1.807) is 0 Å². The van der Waals surface area contributed by atoms with Crippen molar-refractivity contribution in [2.45, 2.75) is 6.92 Å². The molecular weight excluding hydrogens is 418 g/mol. The lowest BCUT2D eigenvalue weighted by atomic mass is 9.96. The number of thiophene rings is 1. The highest BCUT2D eigenvalue weighted by molar-refractivity contribution is 7.18. The van der Waals surface area contributed by atoms with Gasteiger partial charge in [-0.3, -0.25) is 0 Å². The minimum Gasteiger partial charge on any atom is -0.355 e. The Hall–Kier alpha value is -3.88. The fourth-order valence-corrected chi connectivity index (χ4v) is 5.21. The normalized spacial score (nSPS) is 11.2. The molecule has 0 radical (unpaired) electrons. The molecule has 0 saturated carbocycles. The summed E-state index contributed by atoms with van der Waals surface area (Å²) in [5, 5.41) is 6.04. The van der Waals surface area contributed by atoms with Crippen molar-refractivity contribution in [2.75, 3.05) is 5.32 Å². The summed E-state index contributed by atoms with van der Waals surface area (Å²) in [4.78, 5) is 2.56. The number of anilines is 2. The second kappa shape index (κ2) is 9.32. The van der Waals surface area contributed by atoms with Gasteiger partial charge in [-0.25, -0.2) is 0 Å². The van der Waals surface area contributed by atoms with Crippen molar-refractivity contribution in [1.82, 2.24) is 0 Å². The van der Waals surface area contributed by atoms with E-state index in [-0.39, 0.29) is 0 Å². The molecule has 0 aliphatic rings. The summed E-state index contributed by atoms with van der Waals surface area (Å²) in [6.45, 7) is 6.09. The van der Waals surface area contributed by atoms with Crippen LogP contribution in [0.5, 0.6) is 0 Å². The van der Waals surface area contributed by atoms with Crippen LogP contribution in [0, 0.1) is 0 Å². The Balaban J connectivity index is 1.46. The first kappa shape index (κ1) is 21.0. The monoisotopic (exact) mass is 443 g/mol. The van der Waals surface area contributed by atoms with Crippen molar-refractivity contribution >= 4 is 45.6 Å². The van der Waals surface area contributed by atoms with E-state index in [1.165, 1.54) is 31.7 Å². The molecule has 1 aromatic heterocycles. The van der Waals surface area contributed by atoms with E-state index in [0.29, 0.717) is 0 Å². The average Bonchev–Trinajstić information content (AvgIpc) is 3.36. The lowest BCUT2D eigenvalue weighted by Gasteiger charge is -2.15. The first-order valence-corrected chi connectivity index (χ1v) is 11.9. The van der Waals surface area contributed by atoms with Gasteiger partial charge in [0.15, 0.2) is 0 Å². The van der Waals surface area contributed by atoms with Crippen molar-refractivity contribution < 1.29 is 0 Å². The number of hydrogen-bond donors (Lipinski definition) is 1. The molecule has 0 bridgehead atoms. The Morgan fingerprint density at radius 1 is 0.727 bits per heavy atom. The molecule has 0 fully saturated rings. The quantitative estimate of drug-likeness (QED) is 0.275. The van der Waals surface area contributed by atoms with Gasteiger partial charge in [0.05, 0.1) is 0 Å². The third-order valence-electron chi connectivity index (χ3n) is 5.78. The molecule has 0 amide bonds. The summed E-state index contributed by atoms with van der Waals surface area (Å²) < 4.78 is 0. The van der Waals surface area contributed by atoms with Gasteiger partial charge in [-0.1, -0.05) is 91.5 Å². The van der Waals surface area contributed by atoms with Crippen LogP contribution in [0.3, 0.4) is 0 Å². The maximum absolute atomic E-state index is 4.04. The van der Waals surface area contributed by atoms with E-state index in [1.807, 2.05) is 24.3 Å². The first-order chi connectivity index (χ1) is 16.3. The Labute approximate surface area is 199 Å². The van der Waals surface area contributed by atoms with Crippen LogP contribution in [0.2, 0.25) is 0 Å². The van der Waals surface area contributed by atoms with Gasteiger partial charge < -0.3 is 5.32 Å². The van der Waals surface area contributed by atoms with Gasteiger partial charge in [0.25, 0.3) is 0 Å². The molecular formula is C31H25NS. The number of hydrogen-bond acceptors (Lipinski definition) is 2. The second-order valence-electron chi connectivity index (χ2n) is 7.91. The minimum absolute atomic E-state index is 1.07. The molecule has 0 saturated heterocycles. The summed E-state index contributed by atoms with van der Waals surface area (Å²) in [5.74, 6) is 0. The summed E-state index contributed by atoms with van der Waals surface area (Å²) in [5.41, 5.74) is 6.99. The second-order valence-corrected chi connectivity index (χ2v) is 8.99. The van der Waals surface area contributed by atoms with E-state index in [2.05, 4.69) is 121 Å². The van der Waals surface area contributed by atoms with Crippen LogP contribution < -0.4 is 5.32 Å². The maximum atomic E-state index is 4.04. The number of nitrogens with one attached hydrogen (secondary N) is 1. The molecule has 0 unspecified atom stereocenters. The lowest BCUT2D eigenvalue weighted by molar-refractivity contribution is 1.56. The summed E-state index contributed by atoms with van der Waals surface area (Å²) in [7, 11) is 0. The van der Waals surface area contributed by atoms with Gasteiger partial charge in [-0.15, -0.1) is 11.3 Å². The standard InChI is InChI=1S/C31H25NS/c1-3-10-24-21-29(28-14-9-8-13-27(28)26(24)4-2)32-25-17-15-23(16-18-25)31-20-19-30(33-31)22-11-6-5-7-12-22/h3-21,32H,2H2,1H3/b10-3-. The third-order valence-corrected chi connectivity index (χ3v) is 6.96. The SMILES string of the molecule is C=Cc1c(/C=C\C)cc(Nc2ccc(-c3ccc(-c4ccccc4)s3)cc2)c2ccccc12. The Bertz CT molecular complexity index is 1440. The maximum Gasteiger partial charge on any atom is 0.0470 e. The molecule has 0 atom stereocenters. The predicted octanol–water partition coefficient (Wildman–Crippen LogP) is 9.65. The summed E-state index contributed by atoms with van der Waals surface area (Å²) in [6.07, 6.45) is 6.15. The highest BCUT2D eigenvalue weighted by atomic mass is 32.1. The van der Waals surface area contributed by atoms with Crippen LogP contribution in [0.1, 0.15) is 18.1 Å². The van der Waals surface area contributed by atoms with Crippen LogP contribution >= 0.6 is 11.3 Å². The molecule has 1 nitrogen and oxygen atoms in total. The fourth-order valence-electron chi connectivity index (χ4n) is 4.19. The van der Waals surface area contributed by atoms with Gasteiger partial charge in [0.2, 0.25) is 0 Å². The summed E-state index contributed by atoms with van der Waals surface area (Å²) in [6, 6.07) is 34.3. The molecule has 0 aliphatic heterocycles. The zero-order valence-electron chi connectivity index (χ0n) is 18.6. The zero-order chi connectivity index (χ0) is 22.6. The molecule has 160 valence electrons. The van der Waals surface area contributed by atoms with Crippen LogP contribution in [0.25, 0.3) is 43.8 Å². The number of fused-ring (bicyclic) bond motifs is 1. The highest BCUT2D eigenvalue weighted by Gasteiger charge is 2.10. The number of benzene rings is 4. The molecule has 4 aromatic carbocycles. The van der Waals surface area contributed by atoms with Crippen molar-refractivity contribution in [3.8, 4) is 20.9 Å². The van der Waals surface area contributed by atoms with Gasteiger partial charge in [-0.05, 0) is 64.9 Å². The number of rotatable bonds is 6. The lowest BCUT2D eigenvalue weighted by Crippen LogP contribution is -1.95. The average molecular weight is 444 g/mol. The summed E-state index contributed by atoms with van der Waals surface area (Å²) >= 11 is 1.82. The van der Waals surface area contributed by atoms with E-state index in [9.17, 15) is 0 Å². The molecule has 1 N–H and O–H groups in total. The number of allylic oxidation sites excluding steroid dienone is 1. The Morgan fingerprint density at radius 3 is 2.03 bits per heavy atom. The van der Waals surface area contributed by atoms with Crippen molar-refractivity contribution in [3.05, 3.63) is 121 Å². The zero-order valence-corrected chi connectivity index (χ0v) is 19.4. The Morgan fingerprint density at radius 2 is 1.36 bits per heavy atom. The predicted molar refractivity (Wildman–Crippen MR) is 147 cm³/mol. The Kier molecular flexibility index (Phi) is 5.93. The van der Waals surface area contributed by atoms with E-state index >= 15 is 0 Å². The molecule has 5 aromatic rings. The first-order valence-electron chi connectivity index (χ1n) is 11.1. The van der Waals surface area contributed by atoms with Crippen LogP contribution in [-0.4, -0.2) is 0 Å². The largest absolute Gasteiger partial charge is 0.355 e. The topological polar surface area (TPSA) is 12.0 Å². The van der Waals surface area contributed by atoms with E-state index in [4.69, 9.17) is 0 Å². The van der Waals surface area contributed by atoms with Crippen molar-refractivity contribution in [1.29, 1.82) is 0 Å². The van der Waals surface area contributed by atoms with Crippen LogP contribution in [-0.2, 0) is 0 Å². The molecule has 0 spiro atoms. The molecule has 1 heterocycles. The molecule has 33 heavy (non-hydrogen) atoms. The van der Waals surface area contributed by atoms with Crippen molar-refractivity contribution in [2.24, 2.45) is 0 Å². The van der Waals surface area contributed by atoms with Gasteiger partial charge in [-0.2, -0.15) is 0 Å². The van der Waals surface area contributed by atoms with E-state index in [0.717, 1.165) is 22.5 Å². The molecule has 5 rings (SSSR count). The van der Waals surface area contributed by atoms with E-state index < -0.39 is 0 Å². The van der Waals surface area contributed by atoms with Crippen LogP contribution in [0.15, 0.2) is 110 Å². The van der Waals surface area contributed by atoms with Crippen LogP contribution in [0.4, 0.5) is 11.4 Å². The molecule has 2 heteroatoms.